The topological polar surface area (TPSA) is 108 Å². The molecule has 1 spiro atoms. The number of likely N-dealkylation sites (tertiary alicyclic amines) is 1. The zero-order valence-electron chi connectivity index (χ0n) is 19.4. The van der Waals surface area contributed by atoms with Crippen LogP contribution in [-0.4, -0.2) is 71.2 Å². The van der Waals surface area contributed by atoms with E-state index in [1.165, 1.54) is 0 Å². The summed E-state index contributed by atoms with van der Waals surface area (Å²) in [7, 11) is 0. The molecular formula is C23H39N3O5. The quantitative estimate of drug-likeness (QED) is 0.421. The Bertz CT molecular complexity index is 686. The van der Waals surface area contributed by atoms with Crippen molar-refractivity contribution in [2.45, 2.75) is 90.0 Å². The van der Waals surface area contributed by atoms with E-state index in [1.807, 2.05) is 20.8 Å². The van der Waals surface area contributed by atoms with Crippen LogP contribution < -0.4 is 10.6 Å². The number of rotatable bonds is 11. The van der Waals surface area contributed by atoms with E-state index >= 15 is 0 Å². The summed E-state index contributed by atoms with van der Waals surface area (Å²) in [6.07, 6.45) is 4.27. The summed E-state index contributed by atoms with van der Waals surface area (Å²) < 4.78 is 6.38. The van der Waals surface area contributed by atoms with Crippen LogP contribution in [0.25, 0.3) is 0 Å². The molecule has 2 unspecified atom stereocenters. The van der Waals surface area contributed by atoms with Crippen molar-refractivity contribution in [1.82, 2.24) is 15.5 Å². The molecule has 3 aliphatic heterocycles. The van der Waals surface area contributed by atoms with Crippen molar-refractivity contribution < 1.29 is 24.2 Å². The Balaban J connectivity index is 1.98. The second-order valence-electron chi connectivity index (χ2n) is 9.37. The van der Waals surface area contributed by atoms with E-state index in [0.29, 0.717) is 25.9 Å². The summed E-state index contributed by atoms with van der Waals surface area (Å²) in [4.78, 5) is 41.8. The Kier molecular flexibility index (Phi) is 7.63. The normalized spacial score (nSPS) is 33.3. The number of aliphatic hydroxyl groups excluding tert-OH is 1. The predicted octanol–water partition coefficient (Wildman–Crippen LogP) is 1.21. The van der Waals surface area contributed by atoms with Gasteiger partial charge < -0.3 is 25.4 Å². The number of hydrogen-bond donors (Lipinski definition) is 3. The maximum absolute atomic E-state index is 13.8. The molecule has 0 aliphatic carbocycles. The van der Waals surface area contributed by atoms with Gasteiger partial charge in [-0.1, -0.05) is 40.5 Å². The summed E-state index contributed by atoms with van der Waals surface area (Å²) in [5.41, 5.74) is -0.993. The van der Waals surface area contributed by atoms with Crippen LogP contribution in [0.2, 0.25) is 0 Å². The lowest BCUT2D eigenvalue weighted by molar-refractivity contribution is -0.147. The number of aliphatic hydroxyl groups is 1. The molecule has 3 rings (SSSR count). The third-order valence-corrected chi connectivity index (χ3v) is 7.51. The molecule has 3 heterocycles. The maximum Gasteiger partial charge on any atom is 0.245 e. The average molecular weight is 438 g/mol. The highest BCUT2D eigenvalue weighted by molar-refractivity contribution is 5.99. The first-order valence-corrected chi connectivity index (χ1v) is 12.0. The number of fused-ring (bicyclic) bond motifs is 1. The average Bonchev–Trinajstić information content (AvgIpc) is 3.40. The van der Waals surface area contributed by atoms with Gasteiger partial charge in [-0.05, 0) is 31.6 Å². The maximum atomic E-state index is 13.8. The number of carbonyl (C=O) groups is 3. The van der Waals surface area contributed by atoms with Gasteiger partial charge >= 0.3 is 0 Å². The second-order valence-corrected chi connectivity index (χ2v) is 9.37. The highest BCUT2D eigenvalue weighted by atomic mass is 16.5. The van der Waals surface area contributed by atoms with E-state index in [1.54, 1.807) is 4.90 Å². The molecule has 176 valence electrons. The van der Waals surface area contributed by atoms with E-state index in [0.717, 1.165) is 25.7 Å². The predicted molar refractivity (Wildman–Crippen MR) is 116 cm³/mol. The van der Waals surface area contributed by atoms with Gasteiger partial charge in [-0.3, -0.25) is 14.4 Å². The smallest absolute Gasteiger partial charge is 0.245 e. The Hall–Kier alpha value is -1.67. The van der Waals surface area contributed by atoms with Gasteiger partial charge in [-0.25, -0.2) is 0 Å². The first-order chi connectivity index (χ1) is 14.9. The summed E-state index contributed by atoms with van der Waals surface area (Å²) >= 11 is 0. The molecule has 2 bridgehead atoms. The Morgan fingerprint density at radius 1 is 1.19 bits per heavy atom. The first-order valence-electron chi connectivity index (χ1n) is 12.0. The van der Waals surface area contributed by atoms with Gasteiger partial charge in [0, 0.05) is 13.1 Å². The molecule has 7 atom stereocenters. The number of nitrogens with zero attached hydrogens (tertiary/aromatic N) is 1. The highest BCUT2D eigenvalue weighted by Crippen LogP contribution is 2.59. The fourth-order valence-electron chi connectivity index (χ4n) is 5.71. The van der Waals surface area contributed by atoms with Gasteiger partial charge in [0.2, 0.25) is 17.7 Å². The van der Waals surface area contributed by atoms with Crippen LogP contribution in [-0.2, 0) is 19.1 Å². The Labute approximate surface area is 185 Å². The van der Waals surface area contributed by atoms with Crippen LogP contribution in [0.4, 0.5) is 0 Å². The lowest BCUT2D eigenvalue weighted by Crippen LogP contribution is -2.59. The number of amides is 3. The molecule has 3 saturated heterocycles. The van der Waals surface area contributed by atoms with Gasteiger partial charge in [-0.2, -0.15) is 0 Å². The van der Waals surface area contributed by atoms with Crippen molar-refractivity contribution in [1.29, 1.82) is 0 Å². The van der Waals surface area contributed by atoms with Crippen molar-refractivity contribution in [2.24, 2.45) is 17.8 Å². The van der Waals surface area contributed by atoms with E-state index in [4.69, 9.17) is 4.74 Å². The van der Waals surface area contributed by atoms with Crippen LogP contribution in [0.1, 0.15) is 66.2 Å². The van der Waals surface area contributed by atoms with E-state index in [2.05, 4.69) is 17.6 Å². The highest BCUT2D eigenvalue weighted by Gasteiger charge is 2.75. The third-order valence-electron chi connectivity index (χ3n) is 7.51. The van der Waals surface area contributed by atoms with Crippen LogP contribution in [0.5, 0.6) is 0 Å². The number of nitrogens with one attached hydrogen (secondary N) is 2. The minimum absolute atomic E-state index is 0.0136. The van der Waals surface area contributed by atoms with Crippen LogP contribution in [0.3, 0.4) is 0 Å². The molecule has 8 nitrogen and oxygen atoms in total. The molecule has 3 N–H and O–H groups in total. The lowest BCUT2D eigenvalue weighted by atomic mass is 9.70. The lowest BCUT2D eigenvalue weighted by Gasteiger charge is -2.38. The molecule has 0 saturated carbocycles. The van der Waals surface area contributed by atoms with E-state index in [-0.39, 0.29) is 36.4 Å². The summed E-state index contributed by atoms with van der Waals surface area (Å²) in [5.74, 6) is -1.87. The van der Waals surface area contributed by atoms with Gasteiger partial charge in [0.1, 0.15) is 11.6 Å². The largest absolute Gasteiger partial charge is 0.394 e. The number of carbonyl (C=O) groups excluding carboxylic acids is 3. The third kappa shape index (κ3) is 3.97. The number of hydrogen-bond acceptors (Lipinski definition) is 5. The number of ether oxygens (including phenoxy) is 1. The second kappa shape index (κ2) is 9.86. The molecule has 0 aromatic carbocycles. The molecule has 8 heteroatoms. The molecule has 3 aliphatic rings. The van der Waals surface area contributed by atoms with Gasteiger partial charge in [0.05, 0.1) is 30.6 Å². The Morgan fingerprint density at radius 2 is 1.90 bits per heavy atom. The standard InChI is InChI=1S/C23H39N3O5/c1-5-8-12-25-21(29)19-23-10-9-16(31-23)17(20(28)24-11-6-2)18(23)22(30)26(19)15(13-27)14(4)7-3/h14-19,27H,5-13H2,1-4H3,(H,24,28)(H,25,29)/t14-,15-,16+,17-,18-,19?,23?/m0/s1. The minimum atomic E-state index is -0.993. The van der Waals surface area contributed by atoms with Crippen molar-refractivity contribution in [2.75, 3.05) is 19.7 Å². The fraction of sp³-hybridized carbons (Fsp3) is 0.870. The molecule has 3 fully saturated rings. The molecular weight excluding hydrogens is 398 g/mol. The van der Waals surface area contributed by atoms with Gasteiger partial charge in [0.15, 0.2) is 0 Å². The Morgan fingerprint density at radius 3 is 2.52 bits per heavy atom. The monoisotopic (exact) mass is 437 g/mol. The zero-order chi connectivity index (χ0) is 22.8. The first kappa shape index (κ1) is 24.0. The van der Waals surface area contributed by atoms with Crippen LogP contribution >= 0.6 is 0 Å². The zero-order valence-corrected chi connectivity index (χ0v) is 19.4. The van der Waals surface area contributed by atoms with Gasteiger partial charge in [0.25, 0.3) is 0 Å². The summed E-state index contributed by atoms with van der Waals surface area (Å²) in [6.45, 7) is 8.88. The summed E-state index contributed by atoms with van der Waals surface area (Å²) in [5, 5.41) is 16.1. The fourth-order valence-corrected chi connectivity index (χ4v) is 5.71. The van der Waals surface area contributed by atoms with Gasteiger partial charge in [-0.15, -0.1) is 0 Å². The minimum Gasteiger partial charge on any atom is -0.394 e. The molecule has 3 amide bonds. The van der Waals surface area contributed by atoms with Crippen molar-refractivity contribution in [3.63, 3.8) is 0 Å². The van der Waals surface area contributed by atoms with Crippen molar-refractivity contribution >= 4 is 17.7 Å². The molecule has 0 radical (unpaired) electrons. The van der Waals surface area contributed by atoms with Crippen LogP contribution in [0, 0.1) is 17.8 Å². The van der Waals surface area contributed by atoms with Crippen molar-refractivity contribution in [3.8, 4) is 0 Å². The van der Waals surface area contributed by atoms with Crippen molar-refractivity contribution in [3.05, 3.63) is 0 Å². The number of unbranched alkanes of at least 4 members (excludes halogenated alkanes) is 1. The van der Waals surface area contributed by atoms with Crippen LogP contribution in [0.15, 0.2) is 0 Å². The SMILES string of the molecule is CCCCNC(=O)C1N([C@@H](CO)[C@@H](C)CC)C(=O)[C@@H]2[C@@H](C(=O)NCCC)[C@H]3CCC12O3. The summed E-state index contributed by atoms with van der Waals surface area (Å²) in [6, 6.07) is -1.30. The van der Waals surface area contributed by atoms with E-state index in [9.17, 15) is 19.5 Å². The van der Waals surface area contributed by atoms with E-state index < -0.39 is 29.5 Å². The molecule has 0 aromatic rings. The molecule has 0 aromatic heterocycles. The molecule has 31 heavy (non-hydrogen) atoms.